The number of hydrogen-bond donors (Lipinski definition) is 1. The Balaban J connectivity index is 1.52. The minimum Gasteiger partial charge on any atom is -0.368 e. The molecular weight excluding hydrogens is 336 g/mol. The molecule has 1 saturated heterocycles. The van der Waals surface area contributed by atoms with Crippen molar-refractivity contribution in [2.75, 3.05) is 51.7 Å². The molecule has 0 saturated carbocycles. The third kappa shape index (κ3) is 5.01. The fraction of sp³-hybridized carbons (Fsp3) is 0.409. The SMILES string of the molecule is Cc1cccc(N2CCN(C(=O)NCC(c3ccccc3)N(C)C)CC2)c1. The molecule has 0 radical (unpaired) electrons. The van der Waals surface area contributed by atoms with Gasteiger partial charge in [-0.3, -0.25) is 0 Å². The number of anilines is 1. The maximum absolute atomic E-state index is 12.6. The highest BCUT2D eigenvalue weighted by Gasteiger charge is 2.22. The Morgan fingerprint density at radius 1 is 1.04 bits per heavy atom. The van der Waals surface area contributed by atoms with E-state index in [1.807, 2.05) is 37.2 Å². The largest absolute Gasteiger partial charge is 0.368 e. The van der Waals surface area contributed by atoms with E-state index in [0.29, 0.717) is 6.54 Å². The van der Waals surface area contributed by atoms with Gasteiger partial charge in [0.15, 0.2) is 0 Å². The molecule has 1 heterocycles. The first kappa shape index (κ1) is 19.2. The molecule has 2 amide bonds. The predicted molar refractivity (Wildman–Crippen MR) is 111 cm³/mol. The first-order valence-electron chi connectivity index (χ1n) is 9.60. The summed E-state index contributed by atoms with van der Waals surface area (Å²) in [5, 5.41) is 3.12. The Bertz CT molecular complexity index is 739. The lowest BCUT2D eigenvalue weighted by Gasteiger charge is -2.36. The number of urea groups is 1. The zero-order valence-electron chi connectivity index (χ0n) is 16.6. The van der Waals surface area contributed by atoms with Gasteiger partial charge >= 0.3 is 6.03 Å². The lowest BCUT2D eigenvalue weighted by atomic mass is 10.1. The second-order valence-corrected chi connectivity index (χ2v) is 7.39. The highest BCUT2D eigenvalue weighted by atomic mass is 16.2. The van der Waals surface area contributed by atoms with Crippen LogP contribution in [0.2, 0.25) is 0 Å². The number of carbonyl (C=O) groups excluding carboxylic acids is 1. The molecule has 3 rings (SSSR count). The number of benzene rings is 2. The Kier molecular flexibility index (Phi) is 6.35. The molecule has 1 aliphatic rings. The van der Waals surface area contributed by atoms with Gasteiger partial charge in [-0.15, -0.1) is 0 Å². The fourth-order valence-corrected chi connectivity index (χ4v) is 3.56. The standard InChI is InChI=1S/C22H30N4O/c1-18-8-7-11-20(16-18)25-12-14-26(15-13-25)22(27)23-17-21(24(2)3)19-9-5-4-6-10-19/h4-11,16,21H,12-15,17H2,1-3H3,(H,23,27). The van der Waals surface area contributed by atoms with Crippen LogP contribution in [-0.4, -0.2) is 62.7 Å². The van der Waals surface area contributed by atoms with E-state index in [1.54, 1.807) is 0 Å². The van der Waals surface area contributed by atoms with Gasteiger partial charge in [-0.1, -0.05) is 42.5 Å². The van der Waals surface area contributed by atoms with Crippen molar-refractivity contribution in [1.82, 2.24) is 15.1 Å². The number of nitrogens with zero attached hydrogens (tertiary/aromatic N) is 3. The zero-order valence-corrected chi connectivity index (χ0v) is 16.6. The maximum Gasteiger partial charge on any atom is 0.317 e. The number of amides is 2. The van der Waals surface area contributed by atoms with Crippen molar-refractivity contribution >= 4 is 11.7 Å². The number of aryl methyl sites for hydroxylation is 1. The lowest BCUT2D eigenvalue weighted by molar-refractivity contribution is 0.189. The van der Waals surface area contributed by atoms with Crippen LogP contribution in [0.15, 0.2) is 54.6 Å². The summed E-state index contributed by atoms with van der Waals surface area (Å²) >= 11 is 0. The molecule has 1 fully saturated rings. The van der Waals surface area contributed by atoms with Crippen LogP contribution in [0.3, 0.4) is 0 Å². The molecule has 1 atom stereocenters. The minimum atomic E-state index is 0.0293. The van der Waals surface area contributed by atoms with E-state index in [0.717, 1.165) is 26.2 Å². The van der Waals surface area contributed by atoms with Crippen molar-refractivity contribution in [2.24, 2.45) is 0 Å². The highest BCUT2D eigenvalue weighted by Crippen LogP contribution is 2.19. The first-order valence-corrected chi connectivity index (χ1v) is 9.60. The van der Waals surface area contributed by atoms with Gasteiger partial charge in [-0.05, 0) is 44.3 Å². The molecule has 27 heavy (non-hydrogen) atoms. The average molecular weight is 367 g/mol. The Labute approximate surface area is 162 Å². The number of hydrogen-bond acceptors (Lipinski definition) is 3. The summed E-state index contributed by atoms with van der Waals surface area (Å²) in [5.41, 5.74) is 3.72. The molecule has 0 spiro atoms. The van der Waals surface area contributed by atoms with E-state index in [9.17, 15) is 4.79 Å². The molecule has 144 valence electrons. The summed E-state index contributed by atoms with van der Waals surface area (Å²) in [5.74, 6) is 0. The molecule has 2 aromatic carbocycles. The van der Waals surface area contributed by atoms with Crippen molar-refractivity contribution in [3.63, 3.8) is 0 Å². The van der Waals surface area contributed by atoms with Crippen LogP contribution < -0.4 is 10.2 Å². The smallest absolute Gasteiger partial charge is 0.317 e. The summed E-state index contributed by atoms with van der Waals surface area (Å²) in [6.45, 7) is 5.95. The number of piperazine rings is 1. The third-order valence-corrected chi connectivity index (χ3v) is 5.19. The van der Waals surface area contributed by atoms with Gasteiger partial charge in [0.05, 0.1) is 6.04 Å². The second-order valence-electron chi connectivity index (χ2n) is 7.39. The Morgan fingerprint density at radius 2 is 1.74 bits per heavy atom. The summed E-state index contributed by atoms with van der Waals surface area (Å²) in [6.07, 6.45) is 0. The Hall–Kier alpha value is -2.53. The van der Waals surface area contributed by atoms with Gasteiger partial charge < -0.3 is 20.0 Å². The number of rotatable bonds is 5. The first-order chi connectivity index (χ1) is 13.0. The van der Waals surface area contributed by atoms with Crippen LogP contribution in [0, 0.1) is 6.92 Å². The number of nitrogens with one attached hydrogen (secondary N) is 1. The summed E-state index contributed by atoms with van der Waals surface area (Å²) < 4.78 is 0. The molecule has 1 aliphatic heterocycles. The van der Waals surface area contributed by atoms with Crippen molar-refractivity contribution in [2.45, 2.75) is 13.0 Å². The van der Waals surface area contributed by atoms with Crippen LogP contribution in [-0.2, 0) is 0 Å². The molecule has 0 aromatic heterocycles. The van der Waals surface area contributed by atoms with Gasteiger partial charge in [0.25, 0.3) is 0 Å². The van der Waals surface area contributed by atoms with Crippen molar-refractivity contribution in [3.8, 4) is 0 Å². The van der Waals surface area contributed by atoms with Crippen LogP contribution in [0.4, 0.5) is 10.5 Å². The summed E-state index contributed by atoms with van der Waals surface area (Å²) in [4.78, 5) is 19.0. The van der Waals surface area contributed by atoms with Gasteiger partial charge in [-0.25, -0.2) is 4.79 Å². The third-order valence-electron chi connectivity index (χ3n) is 5.19. The summed E-state index contributed by atoms with van der Waals surface area (Å²) in [6, 6.07) is 19.1. The summed E-state index contributed by atoms with van der Waals surface area (Å²) in [7, 11) is 4.09. The highest BCUT2D eigenvalue weighted by molar-refractivity contribution is 5.74. The van der Waals surface area contributed by atoms with Gasteiger partial charge in [-0.2, -0.15) is 0 Å². The monoisotopic (exact) mass is 366 g/mol. The Morgan fingerprint density at radius 3 is 2.37 bits per heavy atom. The predicted octanol–water partition coefficient (Wildman–Crippen LogP) is 3.13. The van der Waals surface area contributed by atoms with Crippen LogP contribution in [0.1, 0.15) is 17.2 Å². The van der Waals surface area contributed by atoms with Crippen molar-refractivity contribution < 1.29 is 4.79 Å². The van der Waals surface area contributed by atoms with E-state index in [4.69, 9.17) is 0 Å². The molecule has 1 unspecified atom stereocenters. The molecule has 5 nitrogen and oxygen atoms in total. The second kappa shape index (κ2) is 8.91. The maximum atomic E-state index is 12.6. The van der Waals surface area contributed by atoms with Gasteiger partial charge in [0.2, 0.25) is 0 Å². The topological polar surface area (TPSA) is 38.8 Å². The lowest BCUT2D eigenvalue weighted by Crippen LogP contribution is -2.52. The minimum absolute atomic E-state index is 0.0293. The number of likely N-dealkylation sites (N-methyl/N-ethyl adjacent to an activating group) is 1. The van der Waals surface area contributed by atoms with E-state index in [2.05, 4.69) is 58.4 Å². The molecule has 5 heteroatoms. The van der Waals surface area contributed by atoms with Crippen LogP contribution in [0.25, 0.3) is 0 Å². The van der Waals surface area contributed by atoms with Crippen LogP contribution in [0.5, 0.6) is 0 Å². The van der Waals surface area contributed by atoms with Gasteiger partial charge in [0.1, 0.15) is 0 Å². The zero-order chi connectivity index (χ0) is 19.2. The molecule has 2 aromatic rings. The normalized spacial score (nSPS) is 15.7. The van der Waals surface area contributed by atoms with E-state index in [-0.39, 0.29) is 12.1 Å². The molecule has 1 N–H and O–H groups in total. The van der Waals surface area contributed by atoms with E-state index < -0.39 is 0 Å². The van der Waals surface area contributed by atoms with E-state index >= 15 is 0 Å². The van der Waals surface area contributed by atoms with Crippen molar-refractivity contribution in [3.05, 3.63) is 65.7 Å². The fourth-order valence-electron chi connectivity index (χ4n) is 3.56. The quantitative estimate of drug-likeness (QED) is 0.884. The van der Waals surface area contributed by atoms with Crippen LogP contribution >= 0.6 is 0 Å². The average Bonchev–Trinajstić information content (AvgIpc) is 2.69. The number of carbonyl (C=O) groups is 1. The van der Waals surface area contributed by atoms with Gasteiger partial charge in [0, 0.05) is 38.4 Å². The van der Waals surface area contributed by atoms with E-state index in [1.165, 1.54) is 16.8 Å². The molecule has 0 bridgehead atoms. The molecular formula is C22H30N4O. The van der Waals surface area contributed by atoms with Crippen molar-refractivity contribution in [1.29, 1.82) is 0 Å². The molecule has 0 aliphatic carbocycles.